The number of aliphatic hydroxyl groups is 4. The normalized spacial score (nSPS) is 30.3. The Morgan fingerprint density at radius 1 is 0.456 bits per heavy atom. The quantitative estimate of drug-likeness (QED) is 0.0395. The number of para-hydroxylation sites is 2. The Hall–Kier alpha value is -7.40. The first-order valence-electron chi connectivity index (χ1n) is 37.8. The number of rotatable bonds is 14. The van der Waals surface area contributed by atoms with E-state index < -0.39 is 119 Å². The molecule has 0 spiro atoms. The number of allylic oxidation sites excluding steroid dienone is 6. The molecule has 0 fully saturated rings. The second kappa shape index (κ2) is 40.8. The van der Waals surface area contributed by atoms with E-state index in [0.29, 0.717) is 114 Å². The van der Waals surface area contributed by atoms with Crippen molar-refractivity contribution < 1.29 is 58.6 Å². The van der Waals surface area contributed by atoms with Crippen LogP contribution in [0.15, 0.2) is 127 Å². The third-order valence-corrected chi connectivity index (χ3v) is 21.0. The van der Waals surface area contributed by atoms with Gasteiger partial charge in [-0.2, -0.15) is 0 Å². The Morgan fingerprint density at radius 2 is 0.806 bits per heavy atom. The molecule has 18 atom stereocenters. The second-order valence-electron chi connectivity index (χ2n) is 29.9. The van der Waals surface area contributed by atoms with E-state index in [9.17, 15) is 58.8 Å². The molecule has 4 aliphatic heterocycles. The van der Waals surface area contributed by atoms with Crippen LogP contribution in [0.5, 0.6) is 0 Å². The molecule has 0 saturated carbocycles. The zero-order valence-corrected chi connectivity index (χ0v) is 62.6. The monoisotopic (exact) mass is 1430 g/mol. The highest BCUT2D eigenvalue weighted by molar-refractivity contribution is 5.73. The Balaban J connectivity index is 0.000000320. The van der Waals surface area contributed by atoms with Gasteiger partial charge in [0.25, 0.3) is 0 Å². The molecule has 0 aliphatic carbocycles. The van der Waals surface area contributed by atoms with E-state index in [1.807, 2.05) is 64.1 Å². The van der Waals surface area contributed by atoms with Crippen LogP contribution in [0.2, 0.25) is 0 Å². The number of esters is 4. The summed E-state index contributed by atoms with van der Waals surface area (Å²) in [4.78, 5) is 108. The van der Waals surface area contributed by atoms with Crippen molar-refractivity contribution in [3.63, 3.8) is 0 Å². The minimum Gasteiger partial charge on any atom is -0.460 e. The minimum absolute atomic E-state index is 0. The number of ether oxygens (including phenoxy) is 4. The van der Waals surface area contributed by atoms with Crippen LogP contribution in [0.3, 0.4) is 0 Å². The molecule has 103 heavy (non-hydrogen) atoms. The van der Waals surface area contributed by atoms with Gasteiger partial charge in [0.2, 0.25) is 0 Å². The SMILES string of the molecule is C.CCCCCC1C=C(C)C(C2CC(C)C/C=C/CCC(O)C(OC(C)=O)CCC(C)CC(O)C(C)C(=O)O2)n2c(=O)n(-c3ccccc3)c(=O)n21.CCCCCC1C=C(C)C(C2CC(C)C/C=C/CCC(O)C(OC(C)=O)CCC(C)CC(O)C(C)C(=O)O2)n2c(=O)n(-c3ccccc3)c(=O)n21. The van der Waals surface area contributed by atoms with Crippen molar-refractivity contribution in [2.75, 3.05) is 0 Å². The van der Waals surface area contributed by atoms with Crippen molar-refractivity contribution in [2.24, 2.45) is 35.5 Å². The highest BCUT2D eigenvalue weighted by Gasteiger charge is 2.43. The average Bonchev–Trinajstić information content (AvgIpc) is 1.60. The van der Waals surface area contributed by atoms with Gasteiger partial charge in [-0.15, -0.1) is 0 Å². The molecule has 4 N–H and O–H groups in total. The first-order valence-corrected chi connectivity index (χ1v) is 37.8. The molecular weight excluding hydrogens is 1310 g/mol. The van der Waals surface area contributed by atoms with Crippen molar-refractivity contribution in [2.45, 2.75) is 305 Å². The van der Waals surface area contributed by atoms with Gasteiger partial charge >= 0.3 is 46.6 Å². The van der Waals surface area contributed by atoms with Gasteiger partial charge in [0, 0.05) is 13.8 Å². The standard InChI is InChI=1S/2C40H59N3O8.CH4/c2*1-7-8-11-19-32-25-28(4)37(43-40(49)41(39(48)42(32)43)31-17-13-10-14-18-31)36-24-26(2)16-12-9-15-20-33(45)35(50-30(6)44)22-21-27(3)23-34(46)29(5)38(47)51-36;/h2*9-10,12-14,17-18,25-27,29,32-37,45-46H,7-8,11,15-16,19-24H2,1-6H3;1H4/b2*12-9+;. The molecule has 22 heteroatoms. The summed E-state index contributed by atoms with van der Waals surface area (Å²) in [5.41, 5.74) is 0.815. The van der Waals surface area contributed by atoms with Crippen LogP contribution in [-0.4, -0.2) is 121 Å². The number of benzene rings is 2. The van der Waals surface area contributed by atoms with Gasteiger partial charge in [-0.3, -0.25) is 19.2 Å². The number of hydrogen-bond acceptors (Lipinski definition) is 16. The third-order valence-electron chi connectivity index (χ3n) is 21.0. The van der Waals surface area contributed by atoms with E-state index in [4.69, 9.17) is 18.9 Å². The number of fused-ring (bicyclic) bond motifs is 2. The van der Waals surface area contributed by atoms with Gasteiger partial charge in [-0.1, -0.05) is 160 Å². The smallest absolute Gasteiger partial charge is 0.352 e. The van der Waals surface area contributed by atoms with E-state index in [-0.39, 0.29) is 43.2 Å². The number of aliphatic hydroxyl groups excluding tert-OH is 4. The topological polar surface area (TPSA) is 284 Å². The molecule has 8 rings (SSSR count). The van der Waals surface area contributed by atoms with Crippen LogP contribution in [-0.2, 0) is 38.1 Å². The summed E-state index contributed by atoms with van der Waals surface area (Å²) in [5, 5.41) is 44.2. The summed E-state index contributed by atoms with van der Waals surface area (Å²) in [6.07, 6.45) is 19.7. The molecule has 6 heterocycles. The predicted molar refractivity (Wildman–Crippen MR) is 400 cm³/mol. The Kier molecular flexibility index (Phi) is 33.5. The third kappa shape index (κ3) is 22.8. The molecule has 2 aromatic heterocycles. The summed E-state index contributed by atoms with van der Waals surface area (Å²) in [6, 6.07) is 15.7. The number of hydrogen-bond donors (Lipinski definition) is 4. The van der Waals surface area contributed by atoms with Gasteiger partial charge in [0.05, 0.1) is 59.7 Å². The molecule has 572 valence electrons. The summed E-state index contributed by atoms with van der Waals surface area (Å²) in [6.45, 7) is 22.1. The molecule has 4 aliphatic rings. The summed E-state index contributed by atoms with van der Waals surface area (Å²) in [5.74, 6) is -3.80. The van der Waals surface area contributed by atoms with E-state index in [0.717, 1.165) is 49.7 Å². The zero-order valence-electron chi connectivity index (χ0n) is 62.6. The van der Waals surface area contributed by atoms with Crippen LogP contribution in [0.4, 0.5) is 0 Å². The summed E-state index contributed by atoms with van der Waals surface area (Å²) >= 11 is 0. The largest absolute Gasteiger partial charge is 0.460 e. The van der Waals surface area contributed by atoms with Crippen LogP contribution in [0, 0.1) is 35.5 Å². The number of aromatic nitrogens is 6. The summed E-state index contributed by atoms with van der Waals surface area (Å²) < 4.78 is 32.1. The van der Waals surface area contributed by atoms with Crippen LogP contribution in [0.1, 0.15) is 256 Å². The molecule has 0 radical (unpaired) electrons. The number of unbranched alkanes of at least 4 members (excludes halogenated alkanes) is 4. The Bertz CT molecular complexity index is 3480. The fourth-order valence-electron chi connectivity index (χ4n) is 15.0. The second-order valence-corrected chi connectivity index (χ2v) is 29.9. The van der Waals surface area contributed by atoms with Crippen LogP contribution in [0.25, 0.3) is 11.4 Å². The van der Waals surface area contributed by atoms with Crippen LogP contribution >= 0.6 is 0 Å². The summed E-state index contributed by atoms with van der Waals surface area (Å²) in [7, 11) is 0. The predicted octanol–water partition coefficient (Wildman–Crippen LogP) is 13.0. The Labute approximate surface area is 609 Å². The minimum atomic E-state index is -1.00. The van der Waals surface area contributed by atoms with E-state index >= 15 is 0 Å². The lowest BCUT2D eigenvalue weighted by atomic mass is 9.88. The van der Waals surface area contributed by atoms with Gasteiger partial charge in [-0.05, 0) is 190 Å². The van der Waals surface area contributed by atoms with Crippen molar-refractivity contribution in [1.29, 1.82) is 0 Å². The van der Waals surface area contributed by atoms with E-state index in [1.54, 1.807) is 71.7 Å². The van der Waals surface area contributed by atoms with Gasteiger partial charge in [-0.25, -0.2) is 47.0 Å². The molecule has 18 unspecified atom stereocenters. The van der Waals surface area contributed by atoms with Crippen molar-refractivity contribution >= 4 is 23.9 Å². The number of nitrogens with zero attached hydrogens (tertiary/aromatic N) is 6. The molecular formula is C81H122N6O16. The molecule has 22 nitrogen and oxygen atoms in total. The number of cyclic esters (lactones) is 2. The van der Waals surface area contributed by atoms with E-state index in [1.165, 1.54) is 32.3 Å². The highest BCUT2D eigenvalue weighted by atomic mass is 16.6. The maximum Gasteiger partial charge on any atom is 0.352 e. The van der Waals surface area contributed by atoms with Crippen LogP contribution < -0.4 is 22.8 Å². The van der Waals surface area contributed by atoms with Crippen molar-refractivity contribution in [1.82, 2.24) is 27.9 Å². The zero-order chi connectivity index (χ0) is 74.5. The molecule has 0 bridgehead atoms. The number of carbonyl (C=O) groups excluding carboxylic acids is 4. The maximum absolute atomic E-state index is 14.4. The lowest BCUT2D eigenvalue weighted by Crippen LogP contribution is -2.44. The van der Waals surface area contributed by atoms with Crippen molar-refractivity contribution in [3.05, 3.63) is 150 Å². The maximum atomic E-state index is 14.4. The van der Waals surface area contributed by atoms with Gasteiger partial charge in [0.1, 0.15) is 36.5 Å². The number of carbonyl (C=O) groups is 4. The van der Waals surface area contributed by atoms with Crippen molar-refractivity contribution in [3.8, 4) is 11.4 Å². The average molecular weight is 1440 g/mol. The fourth-order valence-corrected chi connectivity index (χ4v) is 15.0. The fraction of sp³-hybridized carbons (Fsp3) is 0.654. The highest BCUT2D eigenvalue weighted by Crippen LogP contribution is 2.39. The lowest BCUT2D eigenvalue weighted by Gasteiger charge is -2.36. The Morgan fingerprint density at radius 3 is 1.15 bits per heavy atom. The van der Waals surface area contributed by atoms with Gasteiger partial charge < -0.3 is 39.4 Å². The first kappa shape index (κ1) is 84.5. The van der Waals surface area contributed by atoms with Gasteiger partial charge in [0.15, 0.2) is 0 Å². The molecule has 0 saturated heterocycles. The lowest BCUT2D eigenvalue weighted by molar-refractivity contribution is -0.162. The molecule has 0 amide bonds. The molecule has 4 aromatic rings. The first-order chi connectivity index (χ1) is 48.7. The van der Waals surface area contributed by atoms with E-state index in [2.05, 4.69) is 39.8 Å². The molecule has 2 aromatic carbocycles.